The molecule has 120 valence electrons. The Morgan fingerprint density at radius 2 is 2.14 bits per heavy atom. The van der Waals surface area contributed by atoms with Crippen molar-refractivity contribution < 1.29 is 9.53 Å². The van der Waals surface area contributed by atoms with Crippen molar-refractivity contribution in [2.75, 3.05) is 39.1 Å². The third-order valence-electron chi connectivity index (χ3n) is 2.50. The van der Waals surface area contributed by atoms with Crippen LogP contribution in [0.1, 0.15) is 5.56 Å². The van der Waals surface area contributed by atoms with Crippen LogP contribution in [0.15, 0.2) is 24.3 Å². The number of nitrogens with one attached hydrogen (secondary N) is 2. The number of benzene rings is 1. The predicted octanol–water partition coefficient (Wildman–Crippen LogP) is 2.35. The molecule has 0 saturated carbocycles. The molecule has 0 aliphatic heterocycles. The molecule has 0 unspecified atom stereocenters. The summed E-state index contributed by atoms with van der Waals surface area (Å²) in [5.74, 6) is 1.32. The van der Waals surface area contributed by atoms with Gasteiger partial charge in [0.1, 0.15) is 0 Å². The average molecular weight is 353 g/mol. The molecule has 0 radical (unpaired) electrons. The van der Waals surface area contributed by atoms with Gasteiger partial charge in [0.2, 0.25) is 5.91 Å². The van der Waals surface area contributed by atoms with Crippen LogP contribution in [0.5, 0.6) is 0 Å². The Morgan fingerprint density at radius 3 is 2.86 bits per heavy atom. The van der Waals surface area contributed by atoms with Crippen molar-refractivity contribution in [1.82, 2.24) is 10.6 Å². The minimum absolute atomic E-state index is 0. The highest BCUT2D eigenvalue weighted by molar-refractivity contribution is 7.99. The van der Waals surface area contributed by atoms with E-state index in [9.17, 15) is 4.79 Å². The van der Waals surface area contributed by atoms with Gasteiger partial charge in [-0.05, 0) is 17.7 Å². The first-order chi connectivity index (χ1) is 9.72. The monoisotopic (exact) mass is 352 g/mol. The first kappa shape index (κ1) is 20.5. The van der Waals surface area contributed by atoms with Crippen LogP contribution in [0.2, 0.25) is 5.02 Å². The lowest BCUT2D eigenvalue weighted by molar-refractivity contribution is -0.118. The van der Waals surface area contributed by atoms with E-state index in [1.54, 1.807) is 18.9 Å². The van der Waals surface area contributed by atoms with Crippen LogP contribution in [-0.4, -0.2) is 45.0 Å². The Hall–Kier alpha value is -0.460. The van der Waals surface area contributed by atoms with Gasteiger partial charge in [0, 0.05) is 37.5 Å². The molecule has 0 fully saturated rings. The number of halogens is 2. The standard InChI is InChI=1S/C14H21ClN2O2S.ClH/c1-19-8-7-16-5-6-17-14(18)11-20-10-12-3-2-4-13(15)9-12;/h2-4,9,16H,5-8,10-11H2,1H3,(H,17,18);1H. The first-order valence-electron chi connectivity index (χ1n) is 6.51. The normalized spacial score (nSPS) is 10.0. The Bertz CT molecular complexity index is 408. The van der Waals surface area contributed by atoms with E-state index < -0.39 is 0 Å². The van der Waals surface area contributed by atoms with Crippen LogP contribution in [0.4, 0.5) is 0 Å². The van der Waals surface area contributed by atoms with Gasteiger partial charge in [-0.15, -0.1) is 24.2 Å². The summed E-state index contributed by atoms with van der Waals surface area (Å²) in [5, 5.41) is 6.77. The van der Waals surface area contributed by atoms with Gasteiger partial charge in [-0.2, -0.15) is 0 Å². The lowest BCUT2D eigenvalue weighted by Gasteiger charge is -2.06. The number of hydrogen-bond donors (Lipinski definition) is 2. The SMILES string of the molecule is COCCNCCNC(=O)CSCc1cccc(Cl)c1.Cl. The summed E-state index contributed by atoms with van der Waals surface area (Å²) >= 11 is 7.49. The highest BCUT2D eigenvalue weighted by atomic mass is 35.5. The minimum Gasteiger partial charge on any atom is -0.383 e. The van der Waals surface area contributed by atoms with E-state index in [-0.39, 0.29) is 18.3 Å². The zero-order valence-corrected chi connectivity index (χ0v) is 14.5. The molecule has 0 bridgehead atoms. The Kier molecular flexibility index (Phi) is 12.9. The summed E-state index contributed by atoms with van der Waals surface area (Å²) < 4.78 is 4.91. The molecule has 1 amide bonds. The number of carbonyl (C=O) groups excluding carboxylic acids is 1. The molecule has 1 aromatic rings. The molecular weight excluding hydrogens is 331 g/mol. The molecular formula is C14H22Cl2N2O2S. The van der Waals surface area contributed by atoms with Crippen molar-refractivity contribution in [2.24, 2.45) is 0 Å². The maximum absolute atomic E-state index is 11.6. The van der Waals surface area contributed by atoms with E-state index in [1.807, 2.05) is 24.3 Å². The molecule has 0 aliphatic carbocycles. The summed E-state index contributed by atoms with van der Waals surface area (Å²) in [6.07, 6.45) is 0. The molecule has 0 heterocycles. The number of carbonyl (C=O) groups is 1. The van der Waals surface area contributed by atoms with Crippen molar-refractivity contribution >= 4 is 41.7 Å². The lowest BCUT2D eigenvalue weighted by atomic mass is 10.2. The zero-order chi connectivity index (χ0) is 14.6. The van der Waals surface area contributed by atoms with Crippen molar-refractivity contribution in [2.45, 2.75) is 5.75 Å². The fraction of sp³-hybridized carbons (Fsp3) is 0.500. The highest BCUT2D eigenvalue weighted by Gasteiger charge is 2.01. The Balaban J connectivity index is 0.00000400. The number of rotatable bonds is 10. The van der Waals surface area contributed by atoms with Crippen LogP contribution in [0.25, 0.3) is 0 Å². The van der Waals surface area contributed by atoms with Crippen molar-refractivity contribution in [3.05, 3.63) is 34.9 Å². The van der Waals surface area contributed by atoms with Gasteiger partial charge in [-0.1, -0.05) is 23.7 Å². The number of hydrogen-bond acceptors (Lipinski definition) is 4. The molecule has 1 aromatic carbocycles. The fourth-order valence-corrected chi connectivity index (χ4v) is 2.55. The molecule has 1 rings (SSSR count). The van der Waals surface area contributed by atoms with Gasteiger partial charge in [-0.3, -0.25) is 4.79 Å². The highest BCUT2D eigenvalue weighted by Crippen LogP contribution is 2.16. The van der Waals surface area contributed by atoms with Crippen LogP contribution < -0.4 is 10.6 Å². The number of amides is 1. The Morgan fingerprint density at radius 1 is 1.33 bits per heavy atom. The van der Waals surface area contributed by atoms with Gasteiger partial charge < -0.3 is 15.4 Å². The number of methoxy groups -OCH3 is 1. The van der Waals surface area contributed by atoms with Gasteiger partial charge in [0.15, 0.2) is 0 Å². The third kappa shape index (κ3) is 10.8. The second-order valence-electron chi connectivity index (χ2n) is 4.22. The molecule has 4 nitrogen and oxygen atoms in total. The lowest BCUT2D eigenvalue weighted by Crippen LogP contribution is -2.33. The van der Waals surface area contributed by atoms with Crippen LogP contribution in [0.3, 0.4) is 0 Å². The minimum atomic E-state index is 0. The van der Waals surface area contributed by atoms with Gasteiger partial charge in [0.25, 0.3) is 0 Å². The van der Waals surface area contributed by atoms with E-state index in [1.165, 1.54) is 0 Å². The maximum atomic E-state index is 11.6. The van der Waals surface area contributed by atoms with Crippen molar-refractivity contribution in [1.29, 1.82) is 0 Å². The summed E-state index contributed by atoms with van der Waals surface area (Å²) in [6.45, 7) is 2.88. The molecule has 7 heteroatoms. The number of thioether (sulfide) groups is 1. The van der Waals surface area contributed by atoms with E-state index in [0.29, 0.717) is 18.9 Å². The van der Waals surface area contributed by atoms with E-state index in [4.69, 9.17) is 16.3 Å². The quantitative estimate of drug-likeness (QED) is 0.634. The van der Waals surface area contributed by atoms with Gasteiger partial charge in [0.05, 0.1) is 12.4 Å². The molecule has 21 heavy (non-hydrogen) atoms. The predicted molar refractivity (Wildman–Crippen MR) is 92.6 cm³/mol. The molecule has 0 spiro atoms. The van der Waals surface area contributed by atoms with Crippen LogP contribution >= 0.6 is 35.8 Å². The molecule has 0 aromatic heterocycles. The van der Waals surface area contributed by atoms with E-state index in [0.717, 1.165) is 29.4 Å². The maximum Gasteiger partial charge on any atom is 0.230 e. The van der Waals surface area contributed by atoms with Crippen molar-refractivity contribution in [3.63, 3.8) is 0 Å². The molecule has 2 N–H and O–H groups in total. The Labute approximate surface area is 141 Å². The van der Waals surface area contributed by atoms with E-state index >= 15 is 0 Å². The van der Waals surface area contributed by atoms with Crippen molar-refractivity contribution in [3.8, 4) is 0 Å². The first-order valence-corrected chi connectivity index (χ1v) is 8.04. The molecule has 0 atom stereocenters. The van der Waals surface area contributed by atoms with Crippen LogP contribution in [-0.2, 0) is 15.3 Å². The largest absolute Gasteiger partial charge is 0.383 e. The second kappa shape index (κ2) is 13.2. The summed E-state index contributed by atoms with van der Waals surface area (Å²) in [5.41, 5.74) is 1.14. The zero-order valence-electron chi connectivity index (χ0n) is 12.1. The molecule has 0 aliphatic rings. The number of ether oxygens (including phenoxy) is 1. The summed E-state index contributed by atoms with van der Waals surface area (Å²) in [7, 11) is 1.67. The fourth-order valence-electron chi connectivity index (χ4n) is 1.53. The third-order valence-corrected chi connectivity index (χ3v) is 3.74. The van der Waals surface area contributed by atoms with E-state index in [2.05, 4.69) is 10.6 Å². The molecule has 0 saturated heterocycles. The summed E-state index contributed by atoms with van der Waals surface area (Å²) in [4.78, 5) is 11.6. The summed E-state index contributed by atoms with van der Waals surface area (Å²) in [6, 6.07) is 7.70. The van der Waals surface area contributed by atoms with Crippen LogP contribution in [0, 0.1) is 0 Å². The smallest absolute Gasteiger partial charge is 0.230 e. The second-order valence-corrected chi connectivity index (χ2v) is 5.64. The van der Waals surface area contributed by atoms with Gasteiger partial charge >= 0.3 is 0 Å². The van der Waals surface area contributed by atoms with Gasteiger partial charge in [-0.25, -0.2) is 0 Å². The average Bonchev–Trinajstić information content (AvgIpc) is 2.43. The topological polar surface area (TPSA) is 50.4 Å².